The van der Waals surface area contributed by atoms with Crippen LogP contribution in [0.1, 0.15) is 43.5 Å². The number of likely N-dealkylation sites (tertiary alicyclic amines) is 1. The molecular weight excluding hydrogens is 320 g/mol. The van der Waals surface area contributed by atoms with Gasteiger partial charge in [-0.25, -0.2) is 0 Å². The van der Waals surface area contributed by atoms with Gasteiger partial charge in [0, 0.05) is 13.1 Å². The zero-order valence-electron chi connectivity index (χ0n) is 15.5. The van der Waals surface area contributed by atoms with Crippen LogP contribution in [0.25, 0.3) is 0 Å². The predicted octanol–water partition coefficient (Wildman–Crippen LogP) is 2.47. The molecule has 0 unspecified atom stereocenters. The third-order valence-electron chi connectivity index (χ3n) is 4.54. The van der Waals surface area contributed by atoms with Gasteiger partial charge in [-0.05, 0) is 37.3 Å². The highest BCUT2D eigenvalue weighted by molar-refractivity contribution is 6.02. The lowest BCUT2D eigenvalue weighted by atomic mass is 10.00. The molecule has 6 nitrogen and oxygen atoms in total. The second-order valence-electron chi connectivity index (χ2n) is 6.62. The molecule has 138 valence electrons. The Hall–Kier alpha value is -2.24. The highest BCUT2D eigenvalue weighted by Crippen LogP contribution is 2.28. The van der Waals surface area contributed by atoms with Gasteiger partial charge in [0.15, 0.2) is 0 Å². The van der Waals surface area contributed by atoms with E-state index >= 15 is 0 Å². The van der Waals surface area contributed by atoms with Gasteiger partial charge in [-0.15, -0.1) is 0 Å². The quantitative estimate of drug-likeness (QED) is 0.857. The SMILES string of the molecule is COc1cccc(OC)c1C(=O)N[C@@H](C(=O)N1CCCCC1)C(C)C. The fourth-order valence-corrected chi connectivity index (χ4v) is 3.11. The normalized spacial score (nSPS) is 15.6. The number of nitrogens with one attached hydrogen (secondary N) is 1. The number of hydrogen-bond acceptors (Lipinski definition) is 4. The third-order valence-corrected chi connectivity index (χ3v) is 4.54. The minimum atomic E-state index is -0.569. The molecule has 1 fully saturated rings. The van der Waals surface area contributed by atoms with Crippen LogP contribution >= 0.6 is 0 Å². The number of rotatable bonds is 6. The van der Waals surface area contributed by atoms with E-state index < -0.39 is 6.04 Å². The zero-order chi connectivity index (χ0) is 18.4. The van der Waals surface area contributed by atoms with Crippen molar-refractivity contribution < 1.29 is 19.1 Å². The topological polar surface area (TPSA) is 67.9 Å². The average molecular weight is 348 g/mol. The summed E-state index contributed by atoms with van der Waals surface area (Å²) in [6.07, 6.45) is 3.19. The van der Waals surface area contributed by atoms with Crippen molar-refractivity contribution in [1.82, 2.24) is 10.2 Å². The first kappa shape index (κ1) is 19.1. The highest BCUT2D eigenvalue weighted by atomic mass is 16.5. The molecule has 1 aromatic carbocycles. The lowest BCUT2D eigenvalue weighted by Crippen LogP contribution is -2.52. The number of piperidine rings is 1. The first-order valence-corrected chi connectivity index (χ1v) is 8.80. The molecule has 1 aliphatic heterocycles. The number of nitrogens with zero attached hydrogens (tertiary/aromatic N) is 1. The number of benzene rings is 1. The van der Waals surface area contributed by atoms with Gasteiger partial charge < -0.3 is 19.7 Å². The summed E-state index contributed by atoms with van der Waals surface area (Å²) in [4.78, 5) is 27.6. The molecule has 0 aliphatic carbocycles. The van der Waals surface area contributed by atoms with Crippen molar-refractivity contribution in [3.63, 3.8) is 0 Å². The summed E-state index contributed by atoms with van der Waals surface area (Å²) < 4.78 is 10.6. The number of carbonyl (C=O) groups is 2. The second kappa shape index (κ2) is 8.74. The Morgan fingerprint density at radius 3 is 2.08 bits per heavy atom. The van der Waals surface area contributed by atoms with Crippen LogP contribution in [-0.2, 0) is 4.79 Å². The van der Waals surface area contributed by atoms with Gasteiger partial charge in [0.25, 0.3) is 5.91 Å². The van der Waals surface area contributed by atoms with Crippen LogP contribution < -0.4 is 14.8 Å². The minimum absolute atomic E-state index is 0.0147. The van der Waals surface area contributed by atoms with Crippen molar-refractivity contribution in [3.05, 3.63) is 23.8 Å². The summed E-state index contributed by atoms with van der Waals surface area (Å²) in [5.74, 6) is 0.448. The molecule has 0 aromatic heterocycles. The summed E-state index contributed by atoms with van der Waals surface area (Å²) in [7, 11) is 3.01. The van der Waals surface area contributed by atoms with Crippen molar-refractivity contribution in [1.29, 1.82) is 0 Å². The Balaban J connectivity index is 2.22. The Morgan fingerprint density at radius 1 is 1.04 bits per heavy atom. The Morgan fingerprint density at radius 2 is 1.60 bits per heavy atom. The van der Waals surface area contributed by atoms with Gasteiger partial charge in [-0.3, -0.25) is 9.59 Å². The molecule has 0 bridgehead atoms. The number of hydrogen-bond donors (Lipinski definition) is 1. The molecule has 0 saturated carbocycles. The average Bonchev–Trinajstić information content (AvgIpc) is 2.64. The maximum Gasteiger partial charge on any atom is 0.259 e. The molecule has 2 rings (SSSR count). The molecule has 1 N–H and O–H groups in total. The fraction of sp³-hybridized carbons (Fsp3) is 0.579. The smallest absolute Gasteiger partial charge is 0.259 e. The van der Waals surface area contributed by atoms with Crippen LogP contribution in [0, 0.1) is 5.92 Å². The molecule has 25 heavy (non-hydrogen) atoms. The zero-order valence-corrected chi connectivity index (χ0v) is 15.5. The first-order valence-electron chi connectivity index (χ1n) is 8.80. The number of amides is 2. The largest absolute Gasteiger partial charge is 0.496 e. The first-order chi connectivity index (χ1) is 12.0. The molecule has 0 spiro atoms. The van der Waals surface area contributed by atoms with Crippen LogP contribution in [0.3, 0.4) is 0 Å². The van der Waals surface area contributed by atoms with Crippen molar-refractivity contribution >= 4 is 11.8 Å². The van der Waals surface area contributed by atoms with Crippen molar-refractivity contribution in [3.8, 4) is 11.5 Å². The van der Waals surface area contributed by atoms with Crippen LogP contribution in [0.5, 0.6) is 11.5 Å². The summed E-state index contributed by atoms with van der Waals surface area (Å²) in [5, 5.41) is 2.89. The Labute approximate surface area is 149 Å². The Bertz CT molecular complexity index is 587. The maximum atomic E-state index is 12.9. The molecule has 0 radical (unpaired) electrons. The van der Waals surface area contributed by atoms with E-state index in [9.17, 15) is 9.59 Å². The van der Waals surface area contributed by atoms with E-state index in [0.717, 1.165) is 32.4 Å². The highest BCUT2D eigenvalue weighted by Gasteiger charge is 2.31. The van der Waals surface area contributed by atoms with E-state index in [1.165, 1.54) is 14.2 Å². The summed E-state index contributed by atoms with van der Waals surface area (Å²) in [6, 6.07) is 4.59. The molecule has 1 saturated heterocycles. The van der Waals surface area contributed by atoms with Crippen LogP contribution in [0.2, 0.25) is 0 Å². The predicted molar refractivity (Wildman–Crippen MR) is 96.1 cm³/mol. The van der Waals surface area contributed by atoms with E-state index in [1.54, 1.807) is 18.2 Å². The van der Waals surface area contributed by atoms with Gasteiger partial charge in [0.05, 0.1) is 14.2 Å². The molecule has 1 atom stereocenters. The summed E-state index contributed by atoms with van der Waals surface area (Å²) in [5.41, 5.74) is 0.310. The van der Waals surface area contributed by atoms with Crippen molar-refractivity contribution in [2.75, 3.05) is 27.3 Å². The van der Waals surface area contributed by atoms with E-state index in [2.05, 4.69) is 5.32 Å². The lowest BCUT2D eigenvalue weighted by molar-refractivity contribution is -0.135. The minimum Gasteiger partial charge on any atom is -0.496 e. The van der Waals surface area contributed by atoms with E-state index in [1.807, 2.05) is 18.7 Å². The molecule has 6 heteroatoms. The van der Waals surface area contributed by atoms with Gasteiger partial charge >= 0.3 is 0 Å². The standard InChI is InChI=1S/C19H28N2O4/c1-13(2)17(19(23)21-11-6-5-7-12-21)20-18(22)16-14(24-3)9-8-10-15(16)25-4/h8-10,13,17H,5-7,11-12H2,1-4H3,(H,20,22)/t17-/m1/s1. The Kier molecular flexibility index (Phi) is 6.67. The number of methoxy groups -OCH3 is 2. The van der Waals surface area contributed by atoms with Crippen LogP contribution in [-0.4, -0.2) is 50.1 Å². The van der Waals surface area contributed by atoms with Crippen molar-refractivity contribution in [2.24, 2.45) is 5.92 Å². The molecule has 1 heterocycles. The monoisotopic (exact) mass is 348 g/mol. The van der Waals surface area contributed by atoms with Gasteiger partial charge in [0.1, 0.15) is 23.1 Å². The number of carbonyl (C=O) groups excluding carboxylic acids is 2. The third kappa shape index (κ3) is 4.44. The van der Waals surface area contributed by atoms with Crippen LogP contribution in [0.4, 0.5) is 0 Å². The maximum absolute atomic E-state index is 12.9. The van der Waals surface area contributed by atoms with E-state index in [0.29, 0.717) is 17.1 Å². The van der Waals surface area contributed by atoms with E-state index in [4.69, 9.17) is 9.47 Å². The van der Waals surface area contributed by atoms with Crippen LogP contribution in [0.15, 0.2) is 18.2 Å². The van der Waals surface area contributed by atoms with Gasteiger partial charge in [-0.2, -0.15) is 0 Å². The molecular formula is C19H28N2O4. The molecule has 1 aliphatic rings. The fourth-order valence-electron chi connectivity index (χ4n) is 3.11. The second-order valence-corrected chi connectivity index (χ2v) is 6.62. The number of ether oxygens (including phenoxy) is 2. The lowest BCUT2D eigenvalue weighted by Gasteiger charge is -2.32. The van der Waals surface area contributed by atoms with Gasteiger partial charge in [-0.1, -0.05) is 19.9 Å². The summed E-state index contributed by atoms with van der Waals surface area (Å²) in [6.45, 7) is 5.39. The summed E-state index contributed by atoms with van der Waals surface area (Å²) >= 11 is 0. The van der Waals surface area contributed by atoms with E-state index in [-0.39, 0.29) is 17.7 Å². The molecule has 2 amide bonds. The molecule has 1 aromatic rings. The van der Waals surface area contributed by atoms with Gasteiger partial charge in [0.2, 0.25) is 5.91 Å². The van der Waals surface area contributed by atoms with Crippen molar-refractivity contribution in [2.45, 2.75) is 39.2 Å².